The second kappa shape index (κ2) is 4.57. The number of hydrogen-bond donors (Lipinski definition) is 0. The van der Waals surface area contributed by atoms with Crippen LogP contribution in [0.4, 0.5) is 5.82 Å². The molecular weight excluding hydrogens is 236 g/mol. The Morgan fingerprint density at radius 3 is 3.29 bits per heavy atom. The van der Waals surface area contributed by atoms with Crippen LogP contribution in [-0.2, 0) is 0 Å². The van der Waals surface area contributed by atoms with Gasteiger partial charge in [0.05, 0.1) is 11.6 Å². The molecule has 0 aromatic carbocycles. The summed E-state index contributed by atoms with van der Waals surface area (Å²) in [5, 5.41) is 1.11. The molecule has 0 N–H and O–H groups in total. The van der Waals surface area contributed by atoms with Gasteiger partial charge < -0.3 is 9.32 Å². The predicted molar refractivity (Wildman–Crippen MR) is 69.7 cm³/mol. The monoisotopic (exact) mass is 250 g/mol. The topological polar surface area (TPSA) is 29.3 Å². The van der Waals surface area contributed by atoms with Crippen molar-refractivity contribution < 1.29 is 4.42 Å². The fourth-order valence-corrected chi connectivity index (χ4v) is 2.86. The summed E-state index contributed by atoms with van der Waals surface area (Å²) in [6, 6.07) is 3.90. The van der Waals surface area contributed by atoms with Crippen molar-refractivity contribution in [2.75, 3.05) is 23.9 Å². The minimum atomic E-state index is 0.705. The zero-order chi connectivity index (χ0) is 11.7. The lowest BCUT2D eigenvalue weighted by Gasteiger charge is -2.17. The average molecular weight is 251 g/mol. The Morgan fingerprint density at radius 2 is 2.41 bits per heavy atom. The van der Waals surface area contributed by atoms with Crippen LogP contribution in [-0.4, -0.2) is 24.0 Å². The van der Waals surface area contributed by atoms with E-state index in [1.807, 2.05) is 18.3 Å². The van der Waals surface area contributed by atoms with Crippen LogP contribution in [0.25, 0.3) is 11.0 Å². The van der Waals surface area contributed by atoms with Gasteiger partial charge in [-0.2, -0.15) is 0 Å². The number of halogens is 1. The number of nitrogens with zero attached hydrogens (tertiary/aromatic N) is 2. The van der Waals surface area contributed by atoms with Gasteiger partial charge in [-0.15, -0.1) is 11.6 Å². The van der Waals surface area contributed by atoms with Crippen LogP contribution in [0.3, 0.4) is 0 Å². The summed E-state index contributed by atoms with van der Waals surface area (Å²) in [6.07, 6.45) is 5.85. The van der Waals surface area contributed by atoms with E-state index in [1.54, 1.807) is 6.26 Å². The lowest BCUT2D eigenvalue weighted by molar-refractivity contribution is 0.572. The largest absolute Gasteiger partial charge is 0.464 e. The molecule has 2 aromatic heterocycles. The van der Waals surface area contributed by atoms with Gasteiger partial charge in [0.15, 0.2) is 0 Å². The molecule has 0 spiro atoms. The van der Waals surface area contributed by atoms with Gasteiger partial charge in [-0.1, -0.05) is 0 Å². The average Bonchev–Trinajstić information content (AvgIpc) is 2.96. The number of pyridine rings is 1. The van der Waals surface area contributed by atoms with E-state index in [9.17, 15) is 0 Å². The molecule has 0 bridgehead atoms. The molecular formula is C13H15ClN2O. The number of aromatic nitrogens is 1. The summed E-state index contributed by atoms with van der Waals surface area (Å²) in [5.74, 6) is 2.51. The van der Waals surface area contributed by atoms with Crippen LogP contribution in [0.15, 0.2) is 29.0 Å². The predicted octanol–water partition coefficient (Wildman–Crippen LogP) is 3.28. The third-order valence-electron chi connectivity index (χ3n) is 3.46. The molecule has 17 heavy (non-hydrogen) atoms. The maximum absolute atomic E-state index is 5.80. The highest BCUT2D eigenvalue weighted by molar-refractivity contribution is 6.17. The number of alkyl halides is 1. The first kappa shape index (κ1) is 10.9. The molecule has 1 fully saturated rings. The normalized spacial score (nSPS) is 20.3. The van der Waals surface area contributed by atoms with E-state index in [-0.39, 0.29) is 0 Å². The zero-order valence-corrected chi connectivity index (χ0v) is 10.4. The van der Waals surface area contributed by atoms with Crippen LogP contribution < -0.4 is 4.90 Å². The standard InChI is InChI=1S/C13H15ClN2O/c14-5-1-10-3-7-16(9-10)13-11-4-8-17-12(11)2-6-15-13/h2,4,6,8,10H,1,3,5,7,9H2. The molecule has 1 aliphatic heterocycles. The van der Waals surface area contributed by atoms with Gasteiger partial charge >= 0.3 is 0 Å². The lowest BCUT2D eigenvalue weighted by Crippen LogP contribution is -2.21. The zero-order valence-electron chi connectivity index (χ0n) is 9.60. The van der Waals surface area contributed by atoms with Crippen molar-refractivity contribution in [2.45, 2.75) is 12.8 Å². The summed E-state index contributed by atoms with van der Waals surface area (Å²) in [6.45, 7) is 2.13. The highest BCUT2D eigenvalue weighted by atomic mass is 35.5. The van der Waals surface area contributed by atoms with E-state index in [2.05, 4.69) is 9.88 Å². The smallest absolute Gasteiger partial charge is 0.139 e. The van der Waals surface area contributed by atoms with Gasteiger partial charge in [0, 0.05) is 25.2 Å². The summed E-state index contributed by atoms with van der Waals surface area (Å²) >= 11 is 5.80. The minimum absolute atomic E-state index is 0.705. The molecule has 0 aliphatic carbocycles. The van der Waals surface area contributed by atoms with E-state index in [0.717, 1.165) is 42.2 Å². The quantitative estimate of drug-likeness (QED) is 0.783. The Hall–Kier alpha value is -1.22. The van der Waals surface area contributed by atoms with E-state index in [0.29, 0.717) is 5.92 Å². The fourth-order valence-electron chi connectivity index (χ4n) is 2.55. The molecule has 1 atom stereocenters. The summed E-state index contributed by atoms with van der Waals surface area (Å²) in [5.41, 5.74) is 0.913. The van der Waals surface area contributed by atoms with Crippen LogP contribution >= 0.6 is 11.6 Å². The van der Waals surface area contributed by atoms with Crippen molar-refractivity contribution in [3.63, 3.8) is 0 Å². The first-order valence-corrected chi connectivity index (χ1v) is 6.55. The lowest BCUT2D eigenvalue weighted by atomic mass is 10.1. The maximum atomic E-state index is 5.80. The van der Waals surface area contributed by atoms with E-state index < -0.39 is 0 Å². The summed E-state index contributed by atoms with van der Waals surface area (Å²) < 4.78 is 5.40. The van der Waals surface area contributed by atoms with Crippen molar-refractivity contribution in [2.24, 2.45) is 5.92 Å². The molecule has 90 valence electrons. The maximum Gasteiger partial charge on any atom is 0.139 e. The number of rotatable bonds is 3. The van der Waals surface area contributed by atoms with Crippen LogP contribution in [0.2, 0.25) is 0 Å². The Bertz CT molecular complexity index is 511. The molecule has 0 radical (unpaired) electrons. The van der Waals surface area contributed by atoms with Crippen LogP contribution in [0.5, 0.6) is 0 Å². The molecule has 0 saturated carbocycles. The fraction of sp³-hybridized carbons (Fsp3) is 0.462. The highest BCUT2D eigenvalue weighted by Gasteiger charge is 2.24. The number of furan rings is 1. The second-order valence-corrected chi connectivity index (χ2v) is 4.92. The van der Waals surface area contributed by atoms with Crippen molar-refractivity contribution in [1.82, 2.24) is 4.98 Å². The van der Waals surface area contributed by atoms with E-state index in [4.69, 9.17) is 16.0 Å². The van der Waals surface area contributed by atoms with Gasteiger partial charge in [-0.25, -0.2) is 4.98 Å². The first-order chi connectivity index (χ1) is 8.38. The Labute approximate surface area is 105 Å². The van der Waals surface area contributed by atoms with Crippen molar-refractivity contribution in [1.29, 1.82) is 0 Å². The third-order valence-corrected chi connectivity index (χ3v) is 3.68. The van der Waals surface area contributed by atoms with Crippen LogP contribution in [0, 0.1) is 5.92 Å². The Kier molecular flexibility index (Phi) is 2.93. The van der Waals surface area contributed by atoms with Gasteiger partial charge in [0.2, 0.25) is 0 Å². The molecule has 4 heteroatoms. The highest BCUT2D eigenvalue weighted by Crippen LogP contribution is 2.30. The molecule has 3 nitrogen and oxygen atoms in total. The molecule has 0 amide bonds. The second-order valence-electron chi connectivity index (χ2n) is 4.55. The van der Waals surface area contributed by atoms with Crippen molar-refractivity contribution in [3.8, 4) is 0 Å². The van der Waals surface area contributed by atoms with Crippen molar-refractivity contribution in [3.05, 3.63) is 24.6 Å². The molecule has 3 heterocycles. The van der Waals surface area contributed by atoms with Crippen LogP contribution in [0.1, 0.15) is 12.8 Å². The number of anilines is 1. The minimum Gasteiger partial charge on any atom is -0.464 e. The van der Waals surface area contributed by atoms with Crippen molar-refractivity contribution >= 4 is 28.4 Å². The third kappa shape index (κ3) is 2.00. The Morgan fingerprint density at radius 1 is 1.47 bits per heavy atom. The number of fused-ring (bicyclic) bond motifs is 1. The number of hydrogen-bond acceptors (Lipinski definition) is 3. The van der Waals surface area contributed by atoms with Gasteiger partial charge in [-0.3, -0.25) is 0 Å². The summed E-state index contributed by atoms with van der Waals surface area (Å²) in [7, 11) is 0. The van der Waals surface area contributed by atoms with Gasteiger partial charge in [0.25, 0.3) is 0 Å². The first-order valence-electron chi connectivity index (χ1n) is 6.01. The molecule has 2 aromatic rings. The summed E-state index contributed by atoms with van der Waals surface area (Å²) in [4.78, 5) is 6.83. The molecule has 1 unspecified atom stereocenters. The van der Waals surface area contributed by atoms with E-state index in [1.165, 1.54) is 6.42 Å². The molecule has 3 rings (SSSR count). The molecule has 1 saturated heterocycles. The van der Waals surface area contributed by atoms with Gasteiger partial charge in [0.1, 0.15) is 11.4 Å². The molecule has 1 aliphatic rings. The van der Waals surface area contributed by atoms with Gasteiger partial charge in [-0.05, 0) is 30.9 Å². The SMILES string of the molecule is ClCCC1CCN(c2nccc3occc23)C1. The van der Waals surface area contributed by atoms with E-state index >= 15 is 0 Å². The Balaban J connectivity index is 1.87.